The highest BCUT2D eigenvalue weighted by molar-refractivity contribution is 6.34. The normalized spacial score (nSPS) is 15.1. The molecule has 22 heavy (non-hydrogen) atoms. The van der Waals surface area contributed by atoms with E-state index in [-0.39, 0.29) is 11.8 Å². The number of nitrogens with one attached hydrogen (secondary N) is 2. The van der Waals surface area contributed by atoms with E-state index >= 15 is 0 Å². The number of amides is 2. The Morgan fingerprint density at radius 3 is 2.64 bits per heavy atom. The fourth-order valence-electron chi connectivity index (χ4n) is 2.49. The van der Waals surface area contributed by atoms with Crippen molar-refractivity contribution in [3.05, 3.63) is 58.6 Å². The van der Waals surface area contributed by atoms with Crippen molar-refractivity contribution in [1.82, 2.24) is 0 Å². The van der Waals surface area contributed by atoms with Gasteiger partial charge in [-0.2, -0.15) is 0 Å². The summed E-state index contributed by atoms with van der Waals surface area (Å²) in [5, 5.41) is 6.06. The number of rotatable bonds is 2. The van der Waals surface area contributed by atoms with Crippen molar-refractivity contribution in [3.63, 3.8) is 0 Å². The highest BCUT2D eigenvalue weighted by Crippen LogP contribution is 2.38. The summed E-state index contributed by atoms with van der Waals surface area (Å²) in [6, 6.07) is 12.2. The molecular formula is C17H15ClN2O2. The molecule has 0 saturated carbocycles. The number of fused-ring (bicyclic) bond motifs is 1. The molecule has 3 rings (SSSR count). The fourth-order valence-corrected chi connectivity index (χ4v) is 2.71. The van der Waals surface area contributed by atoms with Gasteiger partial charge in [-0.25, -0.2) is 0 Å². The van der Waals surface area contributed by atoms with Crippen LogP contribution in [0, 0.1) is 0 Å². The average Bonchev–Trinajstić information content (AvgIpc) is 2.70. The lowest BCUT2D eigenvalue weighted by Gasteiger charge is -2.16. The van der Waals surface area contributed by atoms with Gasteiger partial charge in [-0.05, 0) is 49.7 Å². The second-order valence-corrected chi connectivity index (χ2v) is 6.18. The second kappa shape index (κ2) is 5.14. The molecule has 2 amide bonds. The molecule has 0 radical (unpaired) electrons. The second-order valence-electron chi connectivity index (χ2n) is 5.77. The van der Waals surface area contributed by atoms with E-state index in [1.807, 2.05) is 19.9 Å². The van der Waals surface area contributed by atoms with E-state index in [0.717, 1.165) is 11.3 Å². The van der Waals surface area contributed by atoms with Gasteiger partial charge in [-0.3, -0.25) is 9.59 Å². The third-order valence-corrected chi connectivity index (χ3v) is 4.21. The van der Waals surface area contributed by atoms with Crippen LogP contribution >= 0.6 is 11.6 Å². The maximum atomic E-state index is 12.3. The topological polar surface area (TPSA) is 58.2 Å². The van der Waals surface area contributed by atoms with Crippen LogP contribution in [-0.4, -0.2) is 11.8 Å². The molecule has 2 N–H and O–H groups in total. The van der Waals surface area contributed by atoms with Crippen LogP contribution in [-0.2, 0) is 10.2 Å². The van der Waals surface area contributed by atoms with Crippen molar-refractivity contribution in [2.24, 2.45) is 0 Å². The molecule has 1 aliphatic heterocycles. The number of benzene rings is 2. The third-order valence-electron chi connectivity index (χ3n) is 3.89. The summed E-state index contributed by atoms with van der Waals surface area (Å²) < 4.78 is 0. The molecule has 0 atom stereocenters. The Hall–Kier alpha value is -2.33. The van der Waals surface area contributed by atoms with E-state index in [0.29, 0.717) is 16.3 Å². The molecule has 0 saturated heterocycles. The van der Waals surface area contributed by atoms with Gasteiger partial charge >= 0.3 is 0 Å². The van der Waals surface area contributed by atoms with E-state index in [1.165, 1.54) is 0 Å². The summed E-state index contributed by atoms with van der Waals surface area (Å²) in [6.45, 7) is 3.71. The van der Waals surface area contributed by atoms with Gasteiger partial charge in [0.2, 0.25) is 5.91 Å². The summed E-state index contributed by atoms with van der Waals surface area (Å²) in [7, 11) is 0. The van der Waals surface area contributed by atoms with Gasteiger partial charge in [-0.15, -0.1) is 0 Å². The molecule has 0 aromatic heterocycles. The van der Waals surface area contributed by atoms with Gasteiger partial charge in [0.1, 0.15) is 0 Å². The van der Waals surface area contributed by atoms with Crippen molar-refractivity contribution in [1.29, 1.82) is 0 Å². The average molecular weight is 315 g/mol. The lowest BCUT2D eigenvalue weighted by Crippen LogP contribution is -2.26. The molecule has 0 fully saturated rings. The third kappa shape index (κ3) is 2.35. The molecule has 0 spiro atoms. The zero-order chi connectivity index (χ0) is 15.9. The highest BCUT2D eigenvalue weighted by Gasteiger charge is 2.38. The van der Waals surface area contributed by atoms with Gasteiger partial charge in [0.05, 0.1) is 16.0 Å². The zero-order valence-electron chi connectivity index (χ0n) is 12.2. The van der Waals surface area contributed by atoms with Crippen LogP contribution in [0.4, 0.5) is 11.4 Å². The number of carbonyl (C=O) groups excluding carboxylic acids is 2. The Bertz CT molecular complexity index is 784. The first-order chi connectivity index (χ1) is 10.4. The van der Waals surface area contributed by atoms with Crippen LogP contribution in [0.5, 0.6) is 0 Å². The van der Waals surface area contributed by atoms with Crippen LogP contribution in [0.15, 0.2) is 42.5 Å². The van der Waals surface area contributed by atoms with Gasteiger partial charge in [-0.1, -0.05) is 23.7 Å². The van der Waals surface area contributed by atoms with Crippen molar-refractivity contribution >= 4 is 34.8 Å². The molecule has 0 aliphatic carbocycles. The maximum absolute atomic E-state index is 12.3. The first-order valence-corrected chi connectivity index (χ1v) is 7.29. The summed E-state index contributed by atoms with van der Waals surface area (Å²) in [5.41, 5.74) is 2.09. The molecule has 112 valence electrons. The highest BCUT2D eigenvalue weighted by atomic mass is 35.5. The van der Waals surface area contributed by atoms with Gasteiger partial charge < -0.3 is 10.6 Å². The minimum absolute atomic E-state index is 0.0444. The molecule has 5 heteroatoms. The molecular weight excluding hydrogens is 300 g/mol. The van der Waals surface area contributed by atoms with Crippen LogP contribution in [0.2, 0.25) is 5.02 Å². The van der Waals surface area contributed by atoms with E-state index in [2.05, 4.69) is 10.6 Å². The first kappa shape index (κ1) is 14.6. The molecule has 1 aliphatic rings. The number of halogens is 1. The summed E-state index contributed by atoms with van der Waals surface area (Å²) in [6.07, 6.45) is 0. The van der Waals surface area contributed by atoms with Gasteiger partial charge in [0.25, 0.3) is 5.91 Å². The van der Waals surface area contributed by atoms with E-state index in [1.54, 1.807) is 36.4 Å². The van der Waals surface area contributed by atoms with E-state index in [9.17, 15) is 9.59 Å². The smallest absolute Gasteiger partial charge is 0.257 e. The van der Waals surface area contributed by atoms with Crippen molar-refractivity contribution in [2.45, 2.75) is 19.3 Å². The van der Waals surface area contributed by atoms with Crippen molar-refractivity contribution < 1.29 is 9.59 Å². The van der Waals surface area contributed by atoms with Crippen molar-refractivity contribution in [2.75, 3.05) is 10.6 Å². The Balaban J connectivity index is 1.90. The SMILES string of the molecule is CC1(C)C(=O)Nc2ccc(NC(=O)c3ccccc3Cl)cc21. The quantitative estimate of drug-likeness (QED) is 0.885. The Labute approximate surface area is 133 Å². The van der Waals surface area contributed by atoms with Crippen LogP contribution < -0.4 is 10.6 Å². The Morgan fingerprint density at radius 2 is 1.91 bits per heavy atom. The van der Waals surface area contributed by atoms with Crippen LogP contribution in [0.25, 0.3) is 0 Å². The summed E-state index contributed by atoms with van der Waals surface area (Å²) in [4.78, 5) is 24.2. The predicted octanol–water partition coefficient (Wildman–Crippen LogP) is 3.82. The summed E-state index contributed by atoms with van der Waals surface area (Å²) in [5.74, 6) is -0.322. The van der Waals surface area contributed by atoms with Crippen LogP contribution in [0.1, 0.15) is 29.8 Å². The molecule has 2 aromatic carbocycles. The predicted molar refractivity (Wildman–Crippen MR) is 87.5 cm³/mol. The number of hydrogen-bond acceptors (Lipinski definition) is 2. The Morgan fingerprint density at radius 1 is 1.18 bits per heavy atom. The number of carbonyl (C=O) groups is 2. The first-order valence-electron chi connectivity index (χ1n) is 6.91. The van der Waals surface area contributed by atoms with E-state index < -0.39 is 5.41 Å². The fraction of sp³-hybridized carbons (Fsp3) is 0.176. The molecule has 0 unspecified atom stereocenters. The minimum Gasteiger partial charge on any atom is -0.325 e. The van der Waals surface area contributed by atoms with Gasteiger partial charge in [0.15, 0.2) is 0 Å². The minimum atomic E-state index is -0.611. The lowest BCUT2D eigenvalue weighted by atomic mass is 9.86. The monoisotopic (exact) mass is 314 g/mol. The molecule has 2 aromatic rings. The maximum Gasteiger partial charge on any atom is 0.257 e. The summed E-state index contributed by atoms with van der Waals surface area (Å²) >= 11 is 6.03. The zero-order valence-corrected chi connectivity index (χ0v) is 13.0. The molecule has 1 heterocycles. The van der Waals surface area contributed by atoms with Gasteiger partial charge in [0, 0.05) is 11.4 Å². The number of anilines is 2. The molecule has 0 bridgehead atoms. The van der Waals surface area contributed by atoms with E-state index in [4.69, 9.17) is 11.6 Å². The largest absolute Gasteiger partial charge is 0.325 e. The lowest BCUT2D eigenvalue weighted by molar-refractivity contribution is -0.119. The van der Waals surface area contributed by atoms with Crippen LogP contribution in [0.3, 0.4) is 0 Å². The Kier molecular flexibility index (Phi) is 3.41. The molecule has 4 nitrogen and oxygen atoms in total. The standard InChI is InChI=1S/C17H15ClN2O2/c1-17(2)12-9-10(7-8-14(12)20-16(17)22)19-15(21)11-5-3-4-6-13(11)18/h3-9H,1-2H3,(H,19,21)(H,20,22). The number of hydrogen-bond donors (Lipinski definition) is 2. The van der Waals surface area contributed by atoms with Crippen molar-refractivity contribution in [3.8, 4) is 0 Å².